The summed E-state index contributed by atoms with van der Waals surface area (Å²) in [7, 11) is 0. The summed E-state index contributed by atoms with van der Waals surface area (Å²) < 4.78 is 15.7. The Balaban J connectivity index is 1.73. The third kappa shape index (κ3) is 3.46. The van der Waals surface area contributed by atoms with E-state index < -0.39 is 36.7 Å². The van der Waals surface area contributed by atoms with Crippen LogP contribution in [0.15, 0.2) is 28.7 Å². The fourth-order valence-corrected chi connectivity index (χ4v) is 2.37. The van der Waals surface area contributed by atoms with Crippen LogP contribution in [0.3, 0.4) is 0 Å². The number of aromatic nitrogens is 2. The molecule has 0 saturated carbocycles. The molecular weight excluding hydrogens is 336 g/mol. The van der Waals surface area contributed by atoms with Gasteiger partial charge in [0.15, 0.2) is 6.10 Å². The molecule has 0 radical (unpaired) electrons. The first kappa shape index (κ1) is 17.3. The van der Waals surface area contributed by atoms with Crippen LogP contribution >= 0.6 is 0 Å². The monoisotopic (exact) mass is 352 g/mol. The summed E-state index contributed by atoms with van der Waals surface area (Å²) >= 11 is 0. The van der Waals surface area contributed by atoms with Crippen molar-refractivity contribution in [2.24, 2.45) is 0 Å². The number of aryl methyl sites for hydroxylation is 1. The number of aliphatic hydroxyl groups excluding tert-OH is 3. The first-order valence-electron chi connectivity index (χ1n) is 7.36. The predicted octanol–water partition coefficient (Wildman–Crippen LogP) is -0.684. The molecule has 2 aromatic rings. The standard InChI is InChI=1S/C15H16N2O8/c1-6-16-17-13(23-6)7-2-4-8(5-3-7)24-15-11(20)9(18)10(19)12(25-15)14(21)22/h2-5,9-12,15,18-20H,1H3,(H,21,22)/t9-,10-,11+,12-,15+/m0/s1. The summed E-state index contributed by atoms with van der Waals surface area (Å²) in [6.07, 6.45) is -8.29. The molecule has 4 N–H and O–H groups in total. The second-order valence-corrected chi connectivity index (χ2v) is 5.50. The molecule has 1 aliphatic rings. The van der Waals surface area contributed by atoms with Crippen molar-refractivity contribution in [2.75, 3.05) is 0 Å². The zero-order chi connectivity index (χ0) is 18.1. The maximum atomic E-state index is 11.1. The summed E-state index contributed by atoms with van der Waals surface area (Å²) in [5, 5.41) is 45.9. The molecule has 10 nitrogen and oxygen atoms in total. The number of carboxylic acids is 1. The average molecular weight is 352 g/mol. The number of benzene rings is 1. The molecule has 1 fully saturated rings. The number of aliphatic hydroxyl groups is 3. The first-order valence-corrected chi connectivity index (χ1v) is 7.36. The summed E-state index contributed by atoms with van der Waals surface area (Å²) in [5.41, 5.74) is 0.636. The van der Waals surface area contributed by atoms with E-state index in [-0.39, 0.29) is 5.75 Å². The van der Waals surface area contributed by atoms with Gasteiger partial charge in [-0.25, -0.2) is 4.79 Å². The van der Waals surface area contributed by atoms with E-state index in [4.69, 9.17) is 19.0 Å². The third-order valence-electron chi connectivity index (χ3n) is 3.69. The van der Waals surface area contributed by atoms with E-state index in [1.54, 1.807) is 19.1 Å². The molecule has 0 unspecified atom stereocenters. The van der Waals surface area contributed by atoms with Gasteiger partial charge in [-0.15, -0.1) is 10.2 Å². The lowest BCUT2D eigenvalue weighted by Gasteiger charge is -2.38. The largest absolute Gasteiger partial charge is 0.479 e. The molecule has 10 heteroatoms. The van der Waals surface area contributed by atoms with E-state index in [0.29, 0.717) is 17.3 Å². The number of aliphatic carboxylic acids is 1. The molecule has 1 aliphatic heterocycles. The minimum Gasteiger partial charge on any atom is -0.479 e. The maximum absolute atomic E-state index is 11.1. The lowest BCUT2D eigenvalue weighted by molar-refractivity contribution is -0.271. The van der Waals surface area contributed by atoms with Gasteiger partial charge in [-0.2, -0.15) is 0 Å². The maximum Gasteiger partial charge on any atom is 0.335 e. The summed E-state index contributed by atoms with van der Waals surface area (Å²) in [5.74, 6) is -0.491. The smallest absolute Gasteiger partial charge is 0.335 e. The lowest BCUT2D eigenvalue weighted by Crippen LogP contribution is -2.61. The van der Waals surface area contributed by atoms with Gasteiger partial charge in [-0.1, -0.05) is 0 Å². The van der Waals surface area contributed by atoms with Gasteiger partial charge in [0.1, 0.15) is 24.1 Å². The van der Waals surface area contributed by atoms with E-state index in [0.717, 1.165) is 0 Å². The first-order chi connectivity index (χ1) is 11.9. The molecule has 2 heterocycles. The van der Waals surface area contributed by atoms with Gasteiger partial charge in [0.25, 0.3) is 0 Å². The van der Waals surface area contributed by atoms with Crippen molar-refractivity contribution in [3.05, 3.63) is 30.2 Å². The van der Waals surface area contributed by atoms with E-state index in [1.165, 1.54) is 12.1 Å². The Labute approximate surface area is 141 Å². The summed E-state index contributed by atoms with van der Waals surface area (Å²) in [6, 6.07) is 6.30. The molecule has 134 valence electrons. The van der Waals surface area contributed by atoms with Crippen LogP contribution in [0.4, 0.5) is 0 Å². The van der Waals surface area contributed by atoms with Gasteiger partial charge in [-0.05, 0) is 24.3 Å². The van der Waals surface area contributed by atoms with Crippen molar-refractivity contribution < 1.29 is 39.1 Å². The van der Waals surface area contributed by atoms with Crippen molar-refractivity contribution >= 4 is 5.97 Å². The van der Waals surface area contributed by atoms with Crippen LogP contribution in [0.25, 0.3) is 11.5 Å². The number of hydrogen-bond acceptors (Lipinski definition) is 9. The molecule has 1 aromatic heterocycles. The highest BCUT2D eigenvalue weighted by atomic mass is 16.7. The molecule has 25 heavy (non-hydrogen) atoms. The Kier molecular flexibility index (Phi) is 4.68. The number of nitrogens with zero attached hydrogens (tertiary/aromatic N) is 2. The van der Waals surface area contributed by atoms with Crippen LogP contribution < -0.4 is 4.74 Å². The van der Waals surface area contributed by atoms with E-state index in [1.807, 2.05) is 0 Å². The Morgan fingerprint density at radius 3 is 2.32 bits per heavy atom. The van der Waals surface area contributed by atoms with Gasteiger partial charge < -0.3 is 34.3 Å². The van der Waals surface area contributed by atoms with E-state index in [9.17, 15) is 20.1 Å². The molecule has 5 atom stereocenters. The highest BCUT2D eigenvalue weighted by molar-refractivity contribution is 5.73. The minimum absolute atomic E-state index is 0.247. The molecule has 1 aromatic carbocycles. The van der Waals surface area contributed by atoms with Crippen LogP contribution in [0.1, 0.15) is 5.89 Å². The van der Waals surface area contributed by atoms with E-state index >= 15 is 0 Å². The fraction of sp³-hybridized carbons (Fsp3) is 0.400. The SMILES string of the molecule is Cc1nnc(-c2ccc(O[C@@H]3O[C@H](C(=O)O)[C@@H](O)[C@H](O)[C@H]3O)cc2)o1. The number of ether oxygens (including phenoxy) is 2. The quantitative estimate of drug-likeness (QED) is 0.556. The number of hydrogen-bond donors (Lipinski definition) is 4. The molecule has 0 aliphatic carbocycles. The highest BCUT2D eigenvalue weighted by Crippen LogP contribution is 2.26. The van der Waals surface area contributed by atoms with Gasteiger partial charge >= 0.3 is 5.97 Å². The zero-order valence-corrected chi connectivity index (χ0v) is 13.0. The average Bonchev–Trinajstić information content (AvgIpc) is 3.02. The molecule has 0 amide bonds. The fourth-order valence-electron chi connectivity index (χ4n) is 2.37. The van der Waals surface area contributed by atoms with Crippen LogP contribution in [-0.2, 0) is 9.53 Å². The van der Waals surface area contributed by atoms with Gasteiger partial charge in [-0.3, -0.25) is 0 Å². The van der Waals surface area contributed by atoms with Crippen LogP contribution in [-0.4, -0.2) is 67.3 Å². The van der Waals surface area contributed by atoms with Crippen molar-refractivity contribution in [1.82, 2.24) is 10.2 Å². The lowest BCUT2D eigenvalue weighted by atomic mass is 9.99. The number of rotatable bonds is 4. The molecule has 0 bridgehead atoms. The topological polar surface area (TPSA) is 155 Å². The number of carboxylic acid groups (broad SMARTS) is 1. The molecule has 0 spiro atoms. The Morgan fingerprint density at radius 2 is 1.76 bits per heavy atom. The Bertz CT molecular complexity index is 746. The summed E-state index contributed by atoms with van der Waals surface area (Å²) in [4.78, 5) is 11.1. The van der Waals surface area contributed by atoms with Crippen molar-refractivity contribution in [1.29, 1.82) is 0 Å². The highest BCUT2D eigenvalue weighted by Gasteiger charge is 2.48. The van der Waals surface area contributed by atoms with Gasteiger partial charge in [0.2, 0.25) is 18.1 Å². The zero-order valence-electron chi connectivity index (χ0n) is 13.0. The Morgan fingerprint density at radius 1 is 1.08 bits per heavy atom. The number of carbonyl (C=O) groups is 1. The van der Waals surface area contributed by atoms with Gasteiger partial charge in [0, 0.05) is 12.5 Å². The third-order valence-corrected chi connectivity index (χ3v) is 3.69. The molecule has 3 rings (SSSR count). The second-order valence-electron chi connectivity index (χ2n) is 5.50. The van der Waals surface area contributed by atoms with Crippen LogP contribution in [0.5, 0.6) is 5.75 Å². The van der Waals surface area contributed by atoms with Gasteiger partial charge in [0.05, 0.1) is 0 Å². The van der Waals surface area contributed by atoms with Crippen molar-refractivity contribution in [3.8, 4) is 17.2 Å². The van der Waals surface area contributed by atoms with Crippen molar-refractivity contribution in [3.63, 3.8) is 0 Å². The predicted molar refractivity (Wildman–Crippen MR) is 79.4 cm³/mol. The molecular formula is C15H16N2O8. The van der Waals surface area contributed by atoms with Crippen molar-refractivity contribution in [2.45, 2.75) is 37.6 Å². The summed E-state index contributed by atoms with van der Waals surface area (Å²) in [6.45, 7) is 1.66. The normalized spacial score (nSPS) is 29.4. The van der Waals surface area contributed by atoms with E-state index in [2.05, 4.69) is 10.2 Å². The molecule has 1 saturated heterocycles. The Hall–Kier alpha value is -2.53. The van der Waals surface area contributed by atoms with Crippen LogP contribution in [0, 0.1) is 6.92 Å². The van der Waals surface area contributed by atoms with Crippen LogP contribution in [0.2, 0.25) is 0 Å². The minimum atomic E-state index is -1.77. The second kappa shape index (κ2) is 6.76.